The van der Waals surface area contributed by atoms with Gasteiger partial charge in [-0.1, -0.05) is 117 Å². The molecule has 0 aliphatic carbocycles. The number of hydrogen-bond acceptors (Lipinski definition) is 4. The van der Waals surface area contributed by atoms with Crippen LogP contribution in [0.2, 0.25) is 0 Å². The maximum absolute atomic E-state index is 11.3. The predicted octanol–water partition coefficient (Wildman–Crippen LogP) is 7.26. The van der Waals surface area contributed by atoms with Gasteiger partial charge in [-0.3, -0.25) is 9.59 Å². The summed E-state index contributed by atoms with van der Waals surface area (Å²) in [6.45, 7) is 7.00. The Kier molecular flexibility index (Phi) is 13.6. The van der Waals surface area contributed by atoms with Gasteiger partial charge in [-0.25, -0.2) is 0 Å². The highest BCUT2D eigenvalue weighted by Crippen LogP contribution is 2.28. The number of ether oxygens (including phenoxy) is 1. The van der Waals surface area contributed by atoms with E-state index >= 15 is 0 Å². The van der Waals surface area contributed by atoms with Gasteiger partial charge in [0.05, 0.1) is 18.4 Å². The van der Waals surface area contributed by atoms with Crippen molar-refractivity contribution in [2.75, 3.05) is 0 Å². The van der Waals surface area contributed by atoms with E-state index in [2.05, 4.69) is 25.5 Å². The molecule has 0 saturated carbocycles. The normalized spacial score (nSPS) is 16.7. The number of carbonyl (C=O) groups is 2. The van der Waals surface area contributed by atoms with Crippen molar-refractivity contribution in [2.24, 2.45) is 5.41 Å². The fourth-order valence-corrected chi connectivity index (χ4v) is 4.38. The van der Waals surface area contributed by atoms with Gasteiger partial charge in [-0.15, -0.1) is 0 Å². The lowest BCUT2D eigenvalue weighted by molar-refractivity contribution is -0.174. The lowest BCUT2D eigenvalue weighted by atomic mass is 9.87. The van der Waals surface area contributed by atoms with Gasteiger partial charge in [-0.2, -0.15) is 0 Å². The molecule has 0 aromatic rings. The van der Waals surface area contributed by atoms with E-state index in [1.54, 1.807) is 0 Å². The van der Waals surface area contributed by atoms with Crippen LogP contribution < -0.4 is 0 Å². The molecule has 1 aliphatic rings. The Bertz CT molecular complexity index is 462. The monoisotopic (exact) mass is 424 g/mol. The summed E-state index contributed by atoms with van der Waals surface area (Å²) in [6, 6.07) is 0. The highest BCUT2D eigenvalue weighted by Gasteiger charge is 2.38. The van der Waals surface area contributed by atoms with Crippen LogP contribution in [0.15, 0.2) is 0 Å². The number of unbranched alkanes of at least 4 members (excludes halogenated alkanes) is 14. The number of rotatable bonds is 17. The second-order valence-electron chi connectivity index (χ2n) is 10.8. The van der Waals surface area contributed by atoms with E-state index in [9.17, 15) is 14.7 Å². The lowest BCUT2D eigenvalue weighted by Crippen LogP contribution is -2.41. The molecule has 0 amide bonds. The average molecular weight is 425 g/mol. The minimum absolute atomic E-state index is 0.0457. The third kappa shape index (κ3) is 15.0. The van der Waals surface area contributed by atoms with E-state index in [0.29, 0.717) is 11.8 Å². The first kappa shape index (κ1) is 27.1. The molecular weight excluding hydrogens is 376 g/mol. The van der Waals surface area contributed by atoms with Gasteiger partial charge < -0.3 is 9.84 Å². The maximum atomic E-state index is 11.3. The Balaban J connectivity index is 1.80. The molecule has 0 bridgehead atoms. The molecule has 1 N–H and O–H groups in total. The summed E-state index contributed by atoms with van der Waals surface area (Å²) < 4.78 is 4.49. The Morgan fingerprint density at radius 2 is 1.00 bits per heavy atom. The minimum Gasteiger partial charge on any atom is -0.393 e. The SMILES string of the molecule is CC(C)(C)CCCCCCCCCCCCCCCCCC1(O)CC(=O)OC(=O)C1. The van der Waals surface area contributed by atoms with Crippen molar-refractivity contribution in [1.82, 2.24) is 0 Å². The summed E-state index contributed by atoms with van der Waals surface area (Å²) in [5.41, 5.74) is -0.671. The molecule has 0 aromatic heterocycles. The summed E-state index contributed by atoms with van der Waals surface area (Å²) >= 11 is 0. The molecule has 0 spiro atoms. The Morgan fingerprint density at radius 3 is 1.37 bits per heavy atom. The Morgan fingerprint density at radius 1 is 0.667 bits per heavy atom. The van der Waals surface area contributed by atoms with E-state index in [-0.39, 0.29) is 12.8 Å². The largest absolute Gasteiger partial charge is 0.393 e. The predicted molar refractivity (Wildman–Crippen MR) is 123 cm³/mol. The van der Waals surface area contributed by atoms with Gasteiger partial charge in [0.15, 0.2) is 0 Å². The van der Waals surface area contributed by atoms with Crippen LogP contribution in [0.1, 0.15) is 143 Å². The first-order chi connectivity index (χ1) is 14.2. The molecule has 30 heavy (non-hydrogen) atoms. The lowest BCUT2D eigenvalue weighted by Gasteiger charge is -2.29. The quantitative estimate of drug-likeness (QED) is 0.152. The molecule has 176 valence electrons. The van der Waals surface area contributed by atoms with E-state index in [4.69, 9.17) is 0 Å². The molecule has 1 rings (SSSR count). The molecule has 0 radical (unpaired) electrons. The zero-order chi connectivity index (χ0) is 22.3. The van der Waals surface area contributed by atoms with Crippen molar-refractivity contribution < 1.29 is 19.4 Å². The number of hydrogen-bond donors (Lipinski definition) is 1. The standard InChI is InChI=1S/C26H48O4/c1-25(2,3)19-17-15-13-11-9-7-5-4-6-8-10-12-14-16-18-20-26(29)21-23(27)30-24(28)22-26/h29H,4-22H2,1-3H3. The van der Waals surface area contributed by atoms with E-state index in [0.717, 1.165) is 12.8 Å². The molecule has 1 saturated heterocycles. The van der Waals surface area contributed by atoms with Crippen LogP contribution in [0.5, 0.6) is 0 Å². The molecule has 1 heterocycles. The highest BCUT2D eigenvalue weighted by atomic mass is 16.6. The van der Waals surface area contributed by atoms with Crippen LogP contribution in [0, 0.1) is 5.41 Å². The Labute approximate surface area is 185 Å². The van der Waals surface area contributed by atoms with Crippen molar-refractivity contribution in [1.29, 1.82) is 0 Å². The summed E-state index contributed by atoms with van der Waals surface area (Å²) in [4.78, 5) is 22.6. The third-order valence-electron chi connectivity index (χ3n) is 6.24. The minimum atomic E-state index is -1.17. The van der Waals surface area contributed by atoms with Crippen LogP contribution in [-0.2, 0) is 14.3 Å². The first-order valence-corrected chi connectivity index (χ1v) is 12.7. The zero-order valence-electron chi connectivity index (χ0n) is 20.1. The van der Waals surface area contributed by atoms with Crippen LogP contribution in [0.25, 0.3) is 0 Å². The van der Waals surface area contributed by atoms with Crippen LogP contribution in [-0.4, -0.2) is 22.6 Å². The van der Waals surface area contributed by atoms with Crippen LogP contribution in [0.4, 0.5) is 0 Å². The van der Waals surface area contributed by atoms with Gasteiger partial charge in [0.1, 0.15) is 0 Å². The first-order valence-electron chi connectivity index (χ1n) is 12.7. The van der Waals surface area contributed by atoms with Gasteiger partial charge in [0.2, 0.25) is 0 Å². The fraction of sp³-hybridized carbons (Fsp3) is 0.923. The smallest absolute Gasteiger partial charge is 0.316 e. The number of aliphatic hydroxyl groups is 1. The van der Waals surface area contributed by atoms with E-state index in [1.807, 2.05) is 0 Å². The molecule has 1 fully saturated rings. The average Bonchev–Trinajstić information content (AvgIpc) is 2.62. The van der Waals surface area contributed by atoms with Crippen LogP contribution >= 0.6 is 0 Å². The van der Waals surface area contributed by atoms with Crippen molar-refractivity contribution in [3.8, 4) is 0 Å². The maximum Gasteiger partial charge on any atom is 0.316 e. The van der Waals surface area contributed by atoms with E-state index < -0.39 is 17.5 Å². The Hall–Kier alpha value is -0.900. The summed E-state index contributed by atoms with van der Waals surface area (Å²) in [5, 5.41) is 10.3. The molecule has 4 nitrogen and oxygen atoms in total. The highest BCUT2D eigenvalue weighted by molar-refractivity contribution is 5.89. The molecule has 0 aromatic carbocycles. The van der Waals surface area contributed by atoms with E-state index in [1.165, 1.54) is 89.9 Å². The fourth-order valence-electron chi connectivity index (χ4n) is 4.38. The number of esters is 2. The summed E-state index contributed by atoms with van der Waals surface area (Å²) in [6.07, 6.45) is 21.3. The van der Waals surface area contributed by atoms with Crippen molar-refractivity contribution >= 4 is 11.9 Å². The summed E-state index contributed by atoms with van der Waals surface area (Å²) in [7, 11) is 0. The van der Waals surface area contributed by atoms with Crippen molar-refractivity contribution in [2.45, 2.75) is 148 Å². The van der Waals surface area contributed by atoms with Gasteiger partial charge in [-0.05, 0) is 18.3 Å². The molecular formula is C26H48O4. The molecule has 0 atom stereocenters. The topological polar surface area (TPSA) is 63.6 Å². The molecule has 1 aliphatic heterocycles. The molecule has 0 unspecified atom stereocenters. The van der Waals surface area contributed by atoms with Crippen molar-refractivity contribution in [3.05, 3.63) is 0 Å². The van der Waals surface area contributed by atoms with Gasteiger partial charge in [0, 0.05) is 0 Å². The number of cyclic esters (lactones) is 2. The second kappa shape index (κ2) is 15.0. The van der Waals surface area contributed by atoms with Crippen LogP contribution in [0.3, 0.4) is 0 Å². The second-order valence-corrected chi connectivity index (χ2v) is 10.8. The molecule has 4 heteroatoms. The zero-order valence-corrected chi connectivity index (χ0v) is 20.1. The summed E-state index contributed by atoms with van der Waals surface area (Å²) in [5.74, 6) is -1.19. The number of carbonyl (C=O) groups excluding carboxylic acids is 2. The van der Waals surface area contributed by atoms with Gasteiger partial charge >= 0.3 is 11.9 Å². The van der Waals surface area contributed by atoms with Crippen molar-refractivity contribution in [3.63, 3.8) is 0 Å². The third-order valence-corrected chi connectivity index (χ3v) is 6.24. The van der Waals surface area contributed by atoms with Gasteiger partial charge in [0.25, 0.3) is 0 Å².